The highest BCUT2D eigenvalue weighted by molar-refractivity contribution is 5.73. The molecule has 3 nitrogen and oxygen atoms in total. The van der Waals surface area contributed by atoms with E-state index in [1.165, 1.54) is 0 Å². The molecule has 0 saturated carbocycles. The second-order valence-electron chi connectivity index (χ2n) is 4.13. The molecule has 0 aliphatic rings. The fourth-order valence-electron chi connectivity index (χ4n) is 0.973. The highest BCUT2D eigenvalue weighted by Gasteiger charge is 2.26. The molecule has 0 unspecified atom stereocenters. The van der Waals surface area contributed by atoms with Crippen molar-refractivity contribution >= 4 is 5.97 Å². The van der Waals surface area contributed by atoms with Gasteiger partial charge in [-0.05, 0) is 19.8 Å². The van der Waals surface area contributed by atoms with Crippen molar-refractivity contribution in [3.63, 3.8) is 0 Å². The third kappa shape index (κ3) is 4.08. The molecular weight excluding hydrogens is 166 g/mol. The van der Waals surface area contributed by atoms with Gasteiger partial charge in [-0.2, -0.15) is 0 Å². The van der Waals surface area contributed by atoms with Crippen molar-refractivity contribution in [3.8, 4) is 0 Å². The molecule has 0 rings (SSSR count). The van der Waals surface area contributed by atoms with Crippen LogP contribution in [-0.2, 0) is 4.79 Å². The van der Waals surface area contributed by atoms with Crippen molar-refractivity contribution < 1.29 is 9.90 Å². The Morgan fingerprint density at radius 3 is 2.23 bits per heavy atom. The average molecular weight is 185 g/mol. The summed E-state index contributed by atoms with van der Waals surface area (Å²) in [5.74, 6) is -0.748. The van der Waals surface area contributed by atoms with E-state index in [2.05, 4.69) is 11.9 Å². The van der Waals surface area contributed by atoms with Crippen LogP contribution in [0.25, 0.3) is 0 Å². The van der Waals surface area contributed by atoms with E-state index in [1.54, 1.807) is 6.08 Å². The van der Waals surface area contributed by atoms with Crippen molar-refractivity contribution in [2.45, 2.75) is 39.3 Å². The van der Waals surface area contributed by atoms with Crippen molar-refractivity contribution in [2.75, 3.05) is 0 Å². The molecule has 0 amide bonds. The van der Waals surface area contributed by atoms with E-state index in [4.69, 9.17) is 5.11 Å². The van der Waals surface area contributed by atoms with Crippen molar-refractivity contribution in [1.82, 2.24) is 5.32 Å². The Morgan fingerprint density at radius 1 is 1.54 bits per heavy atom. The van der Waals surface area contributed by atoms with E-state index in [0.29, 0.717) is 0 Å². The Labute approximate surface area is 79.8 Å². The summed E-state index contributed by atoms with van der Waals surface area (Å²) < 4.78 is 0. The van der Waals surface area contributed by atoms with Gasteiger partial charge in [-0.1, -0.05) is 19.9 Å². The van der Waals surface area contributed by atoms with Gasteiger partial charge in [0.1, 0.15) is 6.04 Å². The molecule has 0 saturated heterocycles. The Balaban J connectivity index is 4.43. The first-order valence-corrected chi connectivity index (χ1v) is 4.44. The summed E-state index contributed by atoms with van der Waals surface area (Å²) in [5.41, 5.74) is -0.340. The molecule has 0 aliphatic heterocycles. The number of aliphatic carboxylic acids is 1. The standard InChI is InChI=1S/C10H19NO2/c1-6-10(4,5)11-8(7(2)3)9(12)13/h6-8,11H,1H2,2-5H3,(H,12,13)/t8-/m0/s1. The SMILES string of the molecule is C=CC(C)(C)N[C@H](C(=O)O)C(C)C. The molecule has 13 heavy (non-hydrogen) atoms. The first-order chi connectivity index (χ1) is 5.80. The van der Waals surface area contributed by atoms with Gasteiger partial charge in [0, 0.05) is 5.54 Å². The molecule has 0 aromatic rings. The monoisotopic (exact) mass is 185 g/mol. The molecule has 0 fully saturated rings. The molecule has 0 radical (unpaired) electrons. The van der Waals surface area contributed by atoms with E-state index in [1.807, 2.05) is 27.7 Å². The fraction of sp³-hybridized carbons (Fsp3) is 0.700. The molecule has 0 bridgehead atoms. The molecule has 1 atom stereocenters. The van der Waals surface area contributed by atoms with E-state index in [9.17, 15) is 4.79 Å². The molecule has 3 heteroatoms. The lowest BCUT2D eigenvalue weighted by atomic mass is 9.98. The van der Waals surface area contributed by atoms with Gasteiger partial charge < -0.3 is 5.11 Å². The van der Waals surface area contributed by atoms with Crippen LogP contribution in [0.2, 0.25) is 0 Å². The van der Waals surface area contributed by atoms with Crippen LogP contribution in [0.15, 0.2) is 12.7 Å². The van der Waals surface area contributed by atoms with Gasteiger partial charge in [0.15, 0.2) is 0 Å². The van der Waals surface area contributed by atoms with Crippen LogP contribution in [0, 0.1) is 5.92 Å². The summed E-state index contributed by atoms with van der Waals surface area (Å²) in [4.78, 5) is 10.8. The van der Waals surface area contributed by atoms with E-state index >= 15 is 0 Å². The summed E-state index contributed by atoms with van der Waals surface area (Å²) in [6, 6.07) is -0.520. The molecule has 0 heterocycles. The van der Waals surface area contributed by atoms with Crippen LogP contribution in [0.1, 0.15) is 27.7 Å². The average Bonchev–Trinajstić information content (AvgIpc) is 1.99. The van der Waals surface area contributed by atoms with Crippen LogP contribution in [0.3, 0.4) is 0 Å². The molecule has 0 aliphatic carbocycles. The zero-order chi connectivity index (χ0) is 10.6. The molecule has 0 spiro atoms. The Bertz CT molecular complexity index is 197. The molecule has 0 aromatic heterocycles. The third-order valence-electron chi connectivity index (χ3n) is 1.97. The van der Waals surface area contributed by atoms with E-state index < -0.39 is 12.0 Å². The van der Waals surface area contributed by atoms with Crippen LogP contribution in [-0.4, -0.2) is 22.7 Å². The van der Waals surface area contributed by atoms with Crippen LogP contribution in [0.4, 0.5) is 0 Å². The largest absolute Gasteiger partial charge is 0.480 e. The minimum Gasteiger partial charge on any atom is -0.480 e. The normalized spacial score (nSPS) is 14.2. The molecule has 0 aromatic carbocycles. The van der Waals surface area contributed by atoms with Crippen LogP contribution in [0.5, 0.6) is 0 Å². The molecule has 76 valence electrons. The third-order valence-corrected chi connectivity index (χ3v) is 1.97. The first-order valence-electron chi connectivity index (χ1n) is 4.44. The first kappa shape index (κ1) is 12.2. The van der Waals surface area contributed by atoms with E-state index in [0.717, 1.165) is 0 Å². The Hall–Kier alpha value is -0.830. The number of hydrogen-bond acceptors (Lipinski definition) is 2. The summed E-state index contributed by atoms with van der Waals surface area (Å²) in [5, 5.41) is 11.9. The minimum atomic E-state index is -0.815. The maximum atomic E-state index is 10.8. The maximum Gasteiger partial charge on any atom is 0.320 e. The quantitative estimate of drug-likeness (QED) is 0.640. The highest BCUT2D eigenvalue weighted by Crippen LogP contribution is 2.10. The summed E-state index contributed by atoms with van der Waals surface area (Å²) >= 11 is 0. The number of hydrogen-bond donors (Lipinski definition) is 2. The van der Waals surface area contributed by atoms with Crippen molar-refractivity contribution in [2.24, 2.45) is 5.92 Å². The van der Waals surface area contributed by atoms with Gasteiger partial charge in [-0.3, -0.25) is 10.1 Å². The smallest absolute Gasteiger partial charge is 0.320 e. The number of carboxylic acids is 1. The number of nitrogens with one attached hydrogen (secondary N) is 1. The zero-order valence-electron chi connectivity index (χ0n) is 8.79. The van der Waals surface area contributed by atoms with Crippen LogP contribution < -0.4 is 5.32 Å². The lowest BCUT2D eigenvalue weighted by Gasteiger charge is -2.28. The van der Waals surface area contributed by atoms with Gasteiger partial charge in [0.05, 0.1) is 0 Å². The lowest BCUT2D eigenvalue weighted by Crippen LogP contribution is -2.50. The molecule has 2 N–H and O–H groups in total. The van der Waals surface area contributed by atoms with Gasteiger partial charge in [0.25, 0.3) is 0 Å². The second kappa shape index (κ2) is 4.42. The Kier molecular flexibility index (Phi) is 4.14. The zero-order valence-corrected chi connectivity index (χ0v) is 8.79. The van der Waals surface area contributed by atoms with Crippen molar-refractivity contribution in [1.29, 1.82) is 0 Å². The second-order valence-corrected chi connectivity index (χ2v) is 4.13. The van der Waals surface area contributed by atoms with Gasteiger partial charge in [-0.15, -0.1) is 6.58 Å². The predicted octanol–water partition coefficient (Wildman–Crippen LogP) is 1.65. The lowest BCUT2D eigenvalue weighted by molar-refractivity contribution is -0.141. The van der Waals surface area contributed by atoms with Gasteiger partial charge in [0.2, 0.25) is 0 Å². The van der Waals surface area contributed by atoms with Gasteiger partial charge in [-0.25, -0.2) is 0 Å². The minimum absolute atomic E-state index is 0.0664. The topological polar surface area (TPSA) is 49.3 Å². The fourth-order valence-corrected chi connectivity index (χ4v) is 0.973. The number of carboxylic acid groups (broad SMARTS) is 1. The van der Waals surface area contributed by atoms with Gasteiger partial charge >= 0.3 is 5.97 Å². The number of carbonyl (C=O) groups is 1. The summed E-state index contributed by atoms with van der Waals surface area (Å²) in [6.45, 7) is 11.2. The summed E-state index contributed by atoms with van der Waals surface area (Å²) in [7, 11) is 0. The van der Waals surface area contributed by atoms with Crippen LogP contribution >= 0.6 is 0 Å². The predicted molar refractivity (Wildman–Crippen MR) is 53.7 cm³/mol. The van der Waals surface area contributed by atoms with E-state index in [-0.39, 0.29) is 11.5 Å². The summed E-state index contributed by atoms with van der Waals surface area (Å²) in [6.07, 6.45) is 1.71. The molecular formula is C10H19NO2. The highest BCUT2D eigenvalue weighted by atomic mass is 16.4. The number of rotatable bonds is 5. The maximum absolute atomic E-state index is 10.8. The Morgan fingerprint density at radius 2 is 2.00 bits per heavy atom. The van der Waals surface area contributed by atoms with Crippen molar-refractivity contribution in [3.05, 3.63) is 12.7 Å².